The van der Waals surface area contributed by atoms with Gasteiger partial charge in [0.2, 0.25) is 5.91 Å². The van der Waals surface area contributed by atoms with E-state index >= 15 is 0 Å². The molecule has 1 fully saturated rings. The molecule has 1 heterocycles. The summed E-state index contributed by atoms with van der Waals surface area (Å²) in [5.41, 5.74) is 0. The van der Waals surface area contributed by atoms with Gasteiger partial charge in [0.1, 0.15) is 0 Å². The highest BCUT2D eigenvalue weighted by Crippen LogP contribution is 2.24. The lowest BCUT2D eigenvalue weighted by Gasteiger charge is -2.30. The van der Waals surface area contributed by atoms with Gasteiger partial charge in [-0.3, -0.25) is 4.79 Å². The lowest BCUT2D eigenvalue weighted by atomic mass is 10.0. The monoisotopic (exact) mass is 222 g/mol. The topological polar surface area (TPSA) is 32.3 Å². The first kappa shape index (κ1) is 11.6. The van der Waals surface area contributed by atoms with Crippen LogP contribution in [0.25, 0.3) is 0 Å². The Hall–Kier alpha value is -0.830. The van der Waals surface area contributed by atoms with Crippen LogP contribution in [0.4, 0.5) is 0 Å². The highest BCUT2D eigenvalue weighted by Gasteiger charge is 2.32. The minimum atomic E-state index is 0.0260. The van der Waals surface area contributed by atoms with Crippen LogP contribution < -0.4 is 5.32 Å². The van der Waals surface area contributed by atoms with Crippen molar-refractivity contribution in [1.82, 2.24) is 10.2 Å². The zero-order valence-electron chi connectivity index (χ0n) is 10.3. The van der Waals surface area contributed by atoms with Crippen LogP contribution in [0.5, 0.6) is 0 Å². The Kier molecular flexibility index (Phi) is 3.64. The summed E-state index contributed by atoms with van der Waals surface area (Å²) in [6.07, 6.45) is 8.58. The molecule has 3 heteroatoms. The fourth-order valence-electron chi connectivity index (χ4n) is 2.75. The summed E-state index contributed by atoms with van der Waals surface area (Å²) < 4.78 is 0. The van der Waals surface area contributed by atoms with E-state index in [0.29, 0.717) is 17.9 Å². The Morgan fingerprint density at radius 2 is 2.06 bits per heavy atom. The molecule has 0 bridgehead atoms. The van der Waals surface area contributed by atoms with Crippen LogP contribution in [0.1, 0.15) is 32.6 Å². The number of rotatable bonds is 2. The van der Waals surface area contributed by atoms with Crippen molar-refractivity contribution in [2.24, 2.45) is 5.92 Å². The molecule has 1 N–H and O–H groups in total. The maximum absolute atomic E-state index is 12.3. The Labute approximate surface area is 97.9 Å². The smallest absolute Gasteiger partial charge is 0.239 e. The standard InChI is InChI=1S/C13H22N2O/c1-10-7-8-15(11-5-3-4-6-11)13(16)12(9-10)14-2/h3-4,10-12,14H,5-9H2,1-2H3. The molecule has 0 radical (unpaired) electrons. The van der Waals surface area contributed by atoms with Crippen molar-refractivity contribution >= 4 is 5.91 Å². The van der Waals surface area contributed by atoms with Gasteiger partial charge in [-0.25, -0.2) is 0 Å². The third-order valence-electron chi connectivity index (χ3n) is 3.85. The number of carbonyl (C=O) groups excluding carboxylic acids is 1. The quantitative estimate of drug-likeness (QED) is 0.719. The minimum absolute atomic E-state index is 0.0260. The second kappa shape index (κ2) is 5.00. The summed E-state index contributed by atoms with van der Waals surface area (Å²) in [5, 5.41) is 3.17. The first-order valence-corrected chi connectivity index (χ1v) is 6.35. The number of hydrogen-bond acceptors (Lipinski definition) is 2. The zero-order chi connectivity index (χ0) is 11.5. The molecule has 1 saturated heterocycles. The van der Waals surface area contributed by atoms with Gasteiger partial charge in [-0.1, -0.05) is 19.1 Å². The van der Waals surface area contributed by atoms with E-state index in [1.165, 1.54) is 0 Å². The average Bonchev–Trinajstić information content (AvgIpc) is 2.75. The Bertz CT molecular complexity index is 280. The van der Waals surface area contributed by atoms with E-state index in [1.807, 2.05) is 7.05 Å². The maximum atomic E-state index is 12.3. The van der Waals surface area contributed by atoms with Crippen LogP contribution in [-0.2, 0) is 4.79 Å². The van der Waals surface area contributed by atoms with Crippen molar-refractivity contribution in [3.63, 3.8) is 0 Å². The first-order chi connectivity index (χ1) is 7.72. The molecular weight excluding hydrogens is 200 g/mol. The highest BCUT2D eigenvalue weighted by atomic mass is 16.2. The van der Waals surface area contributed by atoms with Gasteiger partial charge in [0, 0.05) is 12.6 Å². The number of likely N-dealkylation sites (tertiary alicyclic amines) is 1. The van der Waals surface area contributed by atoms with Crippen molar-refractivity contribution in [1.29, 1.82) is 0 Å². The molecule has 1 aliphatic carbocycles. The molecular formula is C13H22N2O. The van der Waals surface area contributed by atoms with Crippen LogP contribution >= 0.6 is 0 Å². The predicted octanol–water partition coefficient (Wildman–Crippen LogP) is 1.55. The minimum Gasteiger partial charge on any atom is -0.338 e. The van der Waals surface area contributed by atoms with Gasteiger partial charge in [-0.2, -0.15) is 0 Å². The second-order valence-electron chi connectivity index (χ2n) is 5.10. The molecule has 0 aromatic rings. The third kappa shape index (κ3) is 2.29. The number of carbonyl (C=O) groups is 1. The van der Waals surface area contributed by atoms with Crippen molar-refractivity contribution in [2.45, 2.75) is 44.7 Å². The molecule has 2 atom stereocenters. The third-order valence-corrected chi connectivity index (χ3v) is 3.85. The highest BCUT2D eigenvalue weighted by molar-refractivity contribution is 5.82. The zero-order valence-corrected chi connectivity index (χ0v) is 10.3. The van der Waals surface area contributed by atoms with Crippen LogP contribution in [0.3, 0.4) is 0 Å². The van der Waals surface area contributed by atoms with E-state index in [0.717, 1.165) is 32.2 Å². The first-order valence-electron chi connectivity index (χ1n) is 6.35. The van der Waals surface area contributed by atoms with Crippen molar-refractivity contribution in [3.8, 4) is 0 Å². The van der Waals surface area contributed by atoms with E-state index in [9.17, 15) is 4.79 Å². The second-order valence-corrected chi connectivity index (χ2v) is 5.10. The summed E-state index contributed by atoms with van der Waals surface area (Å²) >= 11 is 0. The van der Waals surface area contributed by atoms with Gasteiger partial charge in [-0.05, 0) is 38.6 Å². The van der Waals surface area contributed by atoms with E-state index in [-0.39, 0.29) is 6.04 Å². The van der Waals surface area contributed by atoms with Crippen LogP contribution in [0, 0.1) is 5.92 Å². The maximum Gasteiger partial charge on any atom is 0.239 e. The van der Waals surface area contributed by atoms with Crippen molar-refractivity contribution < 1.29 is 4.79 Å². The predicted molar refractivity (Wildman–Crippen MR) is 65.1 cm³/mol. The van der Waals surface area contributed by atoms with E-state index in [1.54, 1.807) is 0 Å². The van der Waals surface area contributed by atoms with Gasteiger partial charge < -0.3 is 10.2 Å². The molecule has 3 nitrogen and oxygen atoms in total. The number of nitrogens with one attached hydrogen (secondary N) is 1. The molecule has 2 unspecified atom stereocenters. The molecule has 16 heavy (non-hydrogen) atoms. The summed E-state index contributed by atoms with van der Waals surface area (Å²) in [6.45, 7) is 3.18. The molecule has 0 aromatic heterocycles. The SMILES string of the molecule is CNC1CC(C)CCN(C2CC=CC2)C1=O. The van der Waals surface area contributed by atoms with E-state index < -0.39 is 0 Å². The molecule has 1 aliphatic heterocycles. The van der Waals surface area contributed by atoms with Gasteiger partial charge in [0.05, 0.1) is 6.04 Å². The van der Waals surface area contributed by atoms with Gasteiger partial charge in [-0.15, -0.1) is 0 Å². The number of amides is 1. The normalized spacial score (nSPS) is 32.1. The molecule has 0 spiro atoms. The molecule has 1 amide bonds. The van der Waals surface area contributed by atoms with Gasteiger partial charge >= 0.3 is 0 Å². The molecule has 0 aromatic carbocycles. The number of nitrogens with zero attached hydrogens (tertiary/aromatic N) is 1. The molecule has 90 valence electrons. The number of hydrogen-bond donors (Lipinski definition) is 1. The van der Waals surface area contributed by atoms with Crippen LogP contribution in [-0.4, -0.2) is 36.5 Å². The largest absolute Gasteiger partial charge is 0.338 e. The van der Waals surface area contributed by atoms with Gasteiger partial charge in [0.15, 0.2) is 0 Å². The lowest BCUT2D eigenvalue weighted by Crippen LogP contribution is -2.47. The Morgan fingerprint density at radius 1 is 1.38 bits per heavy atom. The van der Waals surface area contributed by atoms with E-state index in [2.05, 4.69) is 29.3 Å². The Morgan fingerprint density at radius 3 is 2.69 bits per heavy atom. The van der Waals surface area contributed by atoms with Crippen molar-refractivity contribution in [3.05, 3.63) is 12.2 Å². The molecule has 2 aliphatic rings. The fourth-order valence-corrected chi connectivity index (χ4v) is 2.75. The van der Waals surface area contributed by atoms with Crippen LogP contribution in [0.15, 0.2) is 12.2 Å². The average molecular weight is 222 g/mol. The van der Waals surface area contributed by atoms with E-state index in [4.69, 9.17) is 0 Å². The van der Waals surface area contributed by atoms with Crippen LogP contribution in [0.2, 0.25) is 0 Å². The Balaban J connectivity index is 2.08. The lowest BCUT2D eigenvalue weighted by molar-refractivity contribution is -0.134. The summed E-state index contributed by atoms with van der Waals surface area (Å²) in [5.74, 6) is 0.946. The molecule has 0 saturated carbocycles. The molecule has 2 rings (SSSR count). The van der Waals surface area contributed by atoms with Gasteiger partial charge in [0.25, 0.3) is 0 Å². The fraction of sp³-hybridized carbons (Fsp3) is 0.769. The summed E-state index contributed by atoms with van der Waals surface area (Å²) in [7, 11) is 1.89. The van der Waals surface area contributed by atoms with Crippen molar-refractivity contribution in [2.75, 3.05) is 13.6 Å². The summed E-state index contributed by atoms with van der Waals surface area (Å²) in [6, 6.07) is 0.451. The summed E-state index contributed by atoms with van der Waals surface area (Å²) in [4.78, 5) is 14.4. The number of likely N-dealkylation sites (N-methyl/N-ethyl adjacent to an activating group) is 1.